The summed E-state index contributed by atoms with van der Waals surface area (Å²) in [6, 6.07) is 5.54. The molecule has 0 aliphatic rings. The Morgan fingerprint density at radius 1 is 1.62 bits per heavy atom. The average Bonchev–Trinajstić information content (AvgIpc) is 2.17. The summed E-state index contributed by atoms with van der Waals surface area (Å²) < 4.78 is 0. The summed E-state index contributed by atoms with van der Waals surface area (Å²) in [6.45, 7) is 0. The molecule has 0 unspecified atom stereocenters. The number of rotatable bonds is 2. The van der Waals surface area contributed by atoms with E-state index in [1.165, 1.54) is 24.3 Å². The highest BCUT2D eigenvalue weighted by Crippen LogP contribution is 2.12. The van der Waals surface area contributed by atoms with Gasteiger partial charge in [-0.3, -0.25) is 10.1 Å². The summed E-state index contributed by atoms with van der Waals surface area (Å²) in [7, 11) is 0. The van der Waals surface area contributed by atoms with Gasteiger partial charge in [0.1, 0.15) is 0 Å². The molecule has 0 saturated heterocycles. The van der Waals surface area contributed by atoms with Gasteiger partial charge >= 0.3 is 0 Å². The van der Waals surface area contributed by atoms with Crippen LogP contribution in [0.2, 0.25) is 0 Å². The Balaban J connectivity index is 3.13. The van der Waals surface area contributed by atoms with Crippen molar-refractivity contribution in [2.45, 2.75) is 0 Å². The van der Waals surface area contributed by atoms with Crippen molar-refractivity contribution >= 4 is 11.5 Å². The van der Waals surface area contributed by atoms with Crippen LogP contribution in [0.15, 0.2) is 29.4 Å². The van der Waals surface area contributed by atoms with Crippen LogP contribution in [0.25, 0.3) is 0 Å². The third-order valence-corrected chi connectivity index (χ3v) is 1.46. The zero-order valence-corrected chi connectivity index (χ0v) is 6.54. The van der Waals surface area contributed by atoms with E-state index in [1.807, 2.05) is 0 Å². The smallest absolute Gasteiger partial charge is 0.270 e. The van der Waals surface area contributed by atoms with Gasteiger partial charge in [0.25, 0.3) is 5.69 Å². The molecule has 0 saturated carbocycles. The molecule has 0 aromatic heterocycles. The van der Waals surface area contributed by atoms with Crippen molar-refractivity contribution in [3.05, 3.63) is 39.9 Å². The van der Waals surface area contributed by atoms with Crippen LogP contribution in [0.5, 0.6) is 0 Å². The Morgan fingerprint density at radius 2 is 2.31 bits per heavy atom. The van der Waals surface area contributed by atoms with Crippen LogP contribution in [-0.4, -0.2) is 16.0 Å². The van der Waals surface area contributed by atoms with E-state index in [4.69, 9.17) is 10.9 Å². The SMILES string of the molecule is [15NH2]/C(=N\O)c1cccc([N+](=O)[O-])c1. The van der Waals surface area contributed by atoms with E-state index < -0.39 is 4.92 Å². The molecule has 0 aliphatic carbocycles. The number of benzene rings is 1. The number of oxime groups is 1. The van der Waals surface area contributed by atoms with Gasteiger partial charge < -0.3 is 10.9 Å². The average molecular weight is 182 g/mol. The summed E-state index contributed by atoms with van der Waals surface area (Å²) in [5, 5.41) is 21.4. The molecule has 0 spiro atoms. The first-order valence-corrected chi connectivity index (χ1v) is 3.37. The highest BCUT2D eigenvalue weighted by molar-refractivity contribution is 5.97. The van der Waals surface area contributed by atoms with Crippen molar-refractivity contribution in [3.8, 4) is 0 Å². The zero-order valence-electron chi connectivity index (χ0n) is 6.54. The first-order chi connectivity index (χ1) is 6.15. The molecule has 0 radical (unpaired) electrons. The maximum atomic E-state index is 10.3. The molecule has 6 nitrogen and oxygen atoms in total. The van der Waals surface area contributed by atoms with Gasteiger partial charge in [0.2, 0.25) is 0 Å². The predicted molar refractivity (Wildman–Crippen MR) is 45.6 cm³/mol. The molecule has 0 amide bonds. The largest absolute Gasteiger partial charge is 0.409 e. The van der Waals surface area contributed by atoms with Crippen LogP contribution in [-0.2, 0) is 0 Å². The third-order valence-electron chi connectivity index (χ3n) is 1.46. The zero-order chi connectivity index (χ0) is 9.84. The lowest BCUT2D eigenvalue weighted by molar-refractivity contribution is -0.384. The normalized spacial score (nSPS) is 11.2. The van der Waals surface area contributed by atoms with E-state index in [0.29, 0.717) is 5.56 Å². The number of nitrogens with zero attached hydrogens (tertiary/aromatic N) is 2. The minimum Gasteiger partial charge on any atom is -0.409 e. The van der Waals surface area contributed by atoms with Gasteiger partial charge in [-0.2, -0.15) is 0 Å². The molecule has 3 N–H and O–H groups in total. The summed E-state index contributed by atoms with van der Waals surface area (Å²) in [4.78, 5) is 9.78. The number of nitrogens with two attached hydrogens (primary N) is 1. The summed E-state index contributed by atoms with van der Waals surface area (Å²) >= 11 is 0. The molecule has 13 heavy (non-hydrogen) atoms. The second kappa shape index (κ2) is 3.53. The Kier molecular flexibility index (Phi) is 2.44. The van der Waals surface area contributed by atoms with Gasteiger partial charge in [0.05, 0.1) is 4.92 Å². The quantitative estimate of drug-likeness (QED) is 0.175. The van der Waals surface area contributed by atoms with E-state index in [0.717, 1.165) is 0 Å². The molecule has 0 aliphatic heterocycles. The Morgan fingerprint density at radius 3 is 2.85 bits per heavy atom. The number of hydrogen-bond acceptors (Lipinski definition) is 4. The lowest BCUT2D eigenvalue weighted by Gasteiger charge is -1.96. The van der Waals surface area contributed by atoms with Crippen LogP contribution in [0.3, 0.4) is 0 Å². The van der Waals surface area contributed by atoms with Crippen LogP contribution in [0.1, 0.15) is 5.56 Å². The van der Waals surface area contributed by atoms with Crippen LogP contribution >= 0.6 is 0 Å². The summed E-state index contributed by atoms with van der Waals surface area (Å²) in [6.07, 6.45) is 0. The van der Waals surface area contributed by atoms with E-state index in [-0.39, 0.29) is 11.5 Å². The lowest BCUT2D eigenvalue weighted by Crippen LogP contribution is -2.12. The van der Waals surface area contributed by atoms with Gasteiger partial charge in [-0.15, -0.1) is 0 Å². The molecule has 6 heteroatoms. The van der Waals surface area contributed by atoms with Gasteiger partial charge in [-0.25, -0.2) is 0 Å². The number of amidine groups is 1. The number of non-ortho nitro benzene ring substituents is 1. The number of nitro groups is 1. The molecule has 1 rings (SSSR count). The van der Waals surface area contributed by atoms with E-state index >= 15 is 0 Å². The first kappa shape index (κ1) is 8.98. The minimum atomic E-state index is -0.547. The maximum absolute atomic E-state index is 10.3. The highest BCUT2D eigenvalue weighted by atomic mass is 16.6. The number of nitro benzene ring substituents is 1. The monoisotopic (exact) mass is 182 g/mol. The molecular formula is C7H7N3O3. The van der Waals surface area contributed by atoms with Gasteiger partial charge in [0, 0.05) is 17.7 Å². The standard InChI is InChI=1S/C7H7N3O3/c8-7(9-11)5-2-1-3-6(4-5)10(12)13/h1-4,11H,(H2,8,9)/i8+1. The van der Waals surface area contributed by atoms with E-state index in [2.05, 4.69) is 5.16 Å². The third kappa shape index (κ3) is 1.92. The Bertz CT molecular complexity index is 362. The van der Waals surface area contributed by atoms with Crippen molar-refractivity contribution in [2.75, 3.05) is 0 Å². The molecular weight excluding hydrogens is 175 g/mol. The van der Waals surface area contributed by atoms with Crippen molar-refractivity contribution in [2.24, 2.45) is 10.9 Å². The highest BCUT2D eigenvalue weighted by Gasteiger charge is 2.07. The molecule has 0 heterocycles. The summed E-state index contributed by atoms with van der Waals surface area (Å²) in [5.41, 5.74) is 5.46. The van der Waals surface area contributed by atoms with Gasteiger partial charge in [-0.1, -0.05) is 17.3 Å². The molecule has 68 valence electrons. The maximum Gasteiger partial charge on any atom is 0.270 e. The fourth-order valence-corrected chi connectivity index (χ4v) is 0.837. The predicted octanol–water partition coefficient (Wildman–Crippen LogP) is 0.689. The van der Waals surface area contributed by atoms with Crippen molar-refractivity contribution in [3.63, 3.8) is 0 Å². The van der Waals surface area contributed by atoms with E-state index in [1.54, 1.807) is 0 Å². The van der Waals surface area contributed by atoms with Gasteiger partial charge in [-0.05, 0) is 0 Å². The lowest BCUT2D eigenvalue weighted by atomic mass is 10.2. The Hall–Kier alpha value is -2.11. The topological polar surface area (TPSA) is 102 Å². The second-order valence-corrected chi connectivity index (χ2v) is 2.29. The van der Waals surface area contributed by atoms with Crippen LogP contribution < -0.4 is 5.73 Å². The molecule has 0 bridgehead atoms. The van der Waals surface area contributed by atoms with Crippen molar-refractivity contribution < 1.29 is 10.1 Å². The van der Waals surface area contributed by atoms with Crippen LogP contribution in [0, 0.1) is 10.1 Å². The molecule has 0 atom stereocenters. The fourth-order valence-electron chi connectivity index (χ4n) is 0.837. The van der Waals surface area contributed by atoms with Crippen molar-refractivity contribution in [1.82, 2.24) is 0 Å². The summed E-state index contributed by atoms with van der Waals surface area (Å²) in [5.74, 6) is -0.149. The number of hydrogen-bond donors (Lipinski definition) is 2. The molecule has 1 aromatic carbocycles. The second-order valence-electron chi connectivity index (χ2n) is 2.29. The van der Waals surface area contributed by atoms with Gasteiger partial charge in [0.15, 0.2) is 5.84 Å². The van der Waals surface area contributed by atoms with E-state index in [9.17, 15) is 10.1 Å². The minimum absolute atomic E-state index is 0.0934. The Labute approximate surface area is 73.4 Å². The van der Waals surface area contributed by atoms with Crippen LogP contribution in [0.4, 0.5) is 5.69 Å². The first-order valence-electron chi connectivity index (χ1n) is 3.37. The van der Waals surface area contributed by atoms with Crippen molar-refractivity contribution in [1.29, 1.82) is 0 Å². The molecule has 0 fully saturated rings. The molecule has 1 aromatic rings. The fraction of sp³-hybridized carbons (Fsp3) is 0.